The summed E-state index contributed by atoms with van der Waals surface area (Å²) in [5, 5.41) is 3.12. The van der Waals surface area contributed by atoms with Gasteiger partial charge in [-0.2, -0.15) is 0 Å². The van der Waals surface area contributed by atoms with Crippen LogP contribution in [-0.2, 0) is 6.42 Å². The van der Waals surface area contributed by atoms with Crippen molar-refractivity contribution in [1.82, 2.24) is 0 Å². The van der Waals surface area contributed by atoms with Gasteiger partial charge in [-0.15, -0.1) is 0 Å². The minimum absolute atomic E-state index is 1.26. The highest BCUT2D eigenvalue weighted by Gasteiger charge is 2.14. The summed E-state index contributed by atoms with van der Waals surface area (Å²) in [5.41, 5.74) is 4.74. The minimum Gasteiger partial charge on any atom is -0.0763 e. The van der Waals surface area contributed by atoms with Crippen LogP contribution < -0.4 is 10.4 Å². The Bertz CT molecular complexity index is 477. The highest BCUT2D eigenvalue weighted by Crippen LogP contribution is 2.20. The van der Waals surface area contributed by atoms with Crippen molar-refractivity contribution in [2.45, 2.75) is 32.6 Å². The average molecular weight is 170 g/mol. The molecule has 2 aliphatic carbocycles. The molecule has 3 rings (SSSR count). The first-order valence-corrected chi connectivity index (χ1v) is 5.16. The molecule has 0 amide bonds. The summed E-state index contributed by atoms with van der Waals surface area (Å²) < 4.78 is 0. The largest absolute Gasteiger partial charge is 0.0763 e. The van der Waals surface area contributed by atoms with Crippen molar-refractivity contribution in [3.05, 3.63) is 33.7 Å². The lowest BCUT2D eigenvalue weighted by Gasteiger charge is -2.05. The summed E-state index contributed by atoms with van der Waals surface area (Å²) in [7, 11) is 0. The molecule has 0 heterocycles. The van der Waals surface area contributed by atoms with Crippen molar-refractivity contribution < 1.29 is 0 Å². The Kier molecular flexibility index (Phi) is 1.40. The standard InChI is InChI=1S/C13H14/c1-9-7-11-4-2-3-10-5-6-12(8-9)13(10)11/h4,7-8H,2-3,5-6H2,1H3. The van der Waals surface area contributed by atoms with Crippen molar-refractivity contribution in [3.8, 4) is 0 Å². The van der Waals surface area contributed by atoms with Gasteiger partial charge in [-0.1, -0.05) is 29.3 Å². The normalized spacial score (nSPS) is 18.4. The second-order valence-electron chi connectivity index (χ2n) is 4.23. The molecule has 0 fully saturated rings. The second-order valence-corrected chi connectivity index (χ2v) is 4.23. The third-order valence-electron chi connectivity index (χ3n) is 3.25. The molecule has 1 aromatic rings. The first-order valence-electron chi connectivity index (χ1n) is 5.16. The fourth-order valence-electron chi connectivity index (χ4n) is 2.74. The minimum atomic E-state index is 1.26. The summed E-state index contributed by atoms with van der Waals surface area (Å²) in [6.07, 6.45) is 7.57. The van der Waals surface area contributed by atoms with Crippen LogP contribution in [-0.4, -0.2) is 0 Å². The zero-order valence-electron chi connectivity index (χ0n) is 8.06. The molecule has 0 aliphatic heterocycles. The van der Waals surface area contributed by atoms with E-state index < -0.39 is 0 Å². The van der Waals surface area contributed by atoms with Gasteiger partial charge in [-0.3, -0.25) is 0 Å². The Labute approximate surface area is 78.6 Å². The summed E-state index contributed by atoms with van der Waals surface area (Å²) >= 11 is 0. The van der Waals surface area contributed by atoms with E-state index in [1.807, 2.05) is 0 Å². The van der Waals surface area contributed by atoms with Crippen LogP contribution in [0.2, 0.25) is 0 Å². The molecule has 0 radical (unpaired) electrons. The van der Waals surface area contributed by atoms with Crippen LogP contribution in [0, 0.1) is 6.92 Å². The van der Waals surface area contributed by atoms with Crippen LogP contribution in [0.3, 0.4) is 0 Å². The van der Waals surface area contributed by atoms with Gasteiger partial charge in [0.05, 0.1) is 0 Å². The maximum absolute atomic E-state index is 2.40. The summed E-state index contributed by atoms with van der Waals surface area (Å²) in [6, 6.07) is 4.70. The third-order valence-corrected chi connectivity index (χ3v) is 3.25. The van der Waals surface area contributed by atoms with Crippen molar-refractivity contribution >= 4 is 11.6 Å². The summed E-state index contributed by atoms with van der Waals surface area (Å²) in [4.78, 5) is 0. The first kappa shape index (κ1) is 7.37. The van der Waals surface area contributed by atoms with E-state index in [0.29, 0.717) is 0 Å². The van der Waals surface area contributed by atoms with E-state index >= 15 is 0 Å². The molecule has 2 aliphatic rings. The SMILES string of the molecule is Cc1cc2c3c(c1)=CCCC=3CC2. The number of benzene rings is 1. The molecule has 0 N–H and O–H groups in total. The molecular weight excluding hydrogens is 156 g/mol. The topological polar surface area (TPSA) is 0 Å². The van der Waals surface area contributed by atoms with Gasteiger partial charge in [0.15, 0.2) is 0 Å². The van der Waals surface area contributed by atoms with E-state index in [1.165, 1.54) is 36.5 Å². The molecular formula is C13H14. The predicted octanol–water partition coefficient (Wildman–Crippen LogP) is 1.67. The lowest BCUT2D eigenvalue weighted by molar-refractivity contribution is 0.990. The fourth-order valence-corrected chi connectivity index (χ4v) is 2.74. The zero-order chi connectivity index (χ0) is 8.84. The van der Waals surface area contributed by atoms with Crippen LogP contribution in [0.4, 0.5) is 0 Å². The van der Waals surface area contributed by atoms with Crippen LogP contribution in [0.5, 0.6) is 0 Å². The lowest BCUT2D eigenvalue weighted by Crippen LogP contribution is -2.30. The summed E-state index contributed by atoms with van der Waals surface area (Å²) in [5.74, 6) is 0. The molecule has 1 aromatic carbocycles. The number of hydrogen-bond donors (Lipinski definition) is 0. The van der Waals surface area contributed by atoms with Gasteiger partial charge in [0.1, 0.15) is 0 Å². The third kappa shape index (κ3) is 0.980. The smallest absolute Gasteiger partial charge is 0.0163 e. The molecule has 0 bridgehead atoms. The van der Waals surface area contributed by atoms with Gasteiger partial charge < -0.3 is 0 Å². The van der Waals surface area contributed by atoms with Crippen molar-refractivity contribution in [3.63, 3.8) is 0 Å². The highest BCUT2D eigenvalue weighted by atomic mass is 14.2. The van der Waals surface area contributed by atoms with Crippen molar-refractivity contribution in [1.29, 1.82) is 0 Å². The van der Waals surface area contributed by atoms with E-state index in [9.17, 15) is 0 Å². The van der Waals surface area contributed by atoms with Gasteiger partial charge >= 0.3 is 0 Å². The van der Waals surface area contributed by atoms with E-state index in [2.05, 4.69) is 25.1 Å². The van der Waals surface area contributed by atoms with Crippen molar-refractivity contribution in [2.75, 3.05) is 0 Å². The molecule has 0 atom stereocenters. The van der Waals surface area contributed by atoms with Crippen LogP contribution in [0.1, 0.15) is 30.4 Å². The molecule has 0 spiro atoms. The predicted molar refractivity (Wildman–Crippen MR) is 55.9 cm³/mol. The Hall–Kier alpha value is -1.04. The van der Waals surface area contributed by atoms with E-state index in [4.69, 9.17) is 0 Å². The zero-order valence-corrected chi connectivity index (χ0v) is 8.06. The maximum atomic E-state index is 2.40. The Morgan fingerprint density at radius 1 is 1.08 bits per heavy atom. The van der Waals surface area contributed by atoms with E-state index in [-0.39, 0.29) is 0 Å². The Balaban J connectivity index is 2.52. The highest BCUT2D eigenvalue weighted by molar-refractivity contribution is 5.57. The lowest BCUT2D eigenvalue weighted by atomic mass is 10.00. The molecule has 66 valence electrons. The van der Waals surface area contributed by atoms with Gasteiger partial charge in [0.25, 0.3) is 0 Å². The Morgan fingerprint density at radius 2 is 2.00 bits per heavy atom. The quantitative estimate of drug-likeness (QED) is 0.555. The number of rotatable bonds is 0. The molecule has 13 heavy (non-hydrogen) atoms. The van der Waals surface area contributed by atoms with Gasteiger partial charge in [-0.25, -0.2) is 0 Å². The molecule has 0 nitrogen and oxygen atoms in total. The first-order chi connectivity index (χ1) is 6.34. The maximum Gasteiger partial charge on any atom is -0.0163 e. The second kappa shape index (κ2) is 2.47. The van der Waals surface area contributed by atoms with Gasteiger partial charge in [0.2, 0.25) is 0 Å². The van der Waals surface area contributed by atoms with Crippen molar-refractivity contribution in [2.24, 2.45) is 0 Å². The molecule has 0 saturated heterocycles. The summed E-state index contributed by atoms with van der Waals surface area (Å²) in [6.45, 7) is 2.21. The van der Waals surface area contributed by atoms with E-state index in [0.717, 1.165) is 0 Å². The van der Waals surface area contributed by atoms with Crippen LogP contribution >= 0.6 is 0 Å². The van der Waals surface area contributed by atoms with E-state index in [1.54, 1.807) is 16.4 Å². The molecule has 0 aromatic heterocycles. The fraction of sp³-hybridized carbons (Fsp3) is 0.385. The van der Waals surface area contributed by atoms with Crippen LogP contribution in [0.15, 0.2) is 12.1 Å². The van der Waals surface area contributed by atoms with Gasteiger partial charge in [-0.05, 0) is 48.6 Å². The molecule has 0 unspecified atom stereocenters. The Morgan fingerprint density at radius 3 is 2.92 bits per heavy atom. The average Bonchev–Trinajstić information content (AvgIpc) is 2.50. The molecule has 0 heteroatoms. The molecule has 0 saturated carbocycles. The number of aryl methyl sites for hydroxylation is 2. The van der Waals surface area contributed by atoms with Crippen LogP contribution in [0.25, 0.3) is 11.6 Å². The number of hydrogen-bond acceptors (Lipinski definition) is 0. The van der Waals surface area contributed by atoms with Gasteiger partial charge in [0, 0.05) is 0 Å². The monoisotopic (exact) mass is 170 g/mol.